The molecule has 1 amide bonds. The summed E-state index contributed by atoms with van der Waals surface area (Å²) in [5.41, 5.74) is 3.06. The molecule has 0 radical (unpaired) electrons. The van der Waals surface area contributed by atoms with Gasteiger partial charge in [0.25, 0.3) is 5.91 Å². The van der Waals surface area contributed by atoms with Gasteiger partial charge in [-0.05, 0) is 56.0 Å². The first-order valence-corrected chi connectivity index (χ1v) is 9.54. The SMILES string of the molecule is CCCCC(C)(OC)C(=O)Nc1cc(C)c(OCc2ccccc2)c(C)c1. The van der Waals surface area contributed by atoms with Crippen molar-refractivity contribution in [3.05, 3.63) is 59.2 Å². The number of carbonyl (C=O) groups excluding carboxylic acids is 1. The smallest absolute Gasteiger partial charge is 0.256 e. The van der Waals surface area contributed by atoms with Crippen LogP contribution in [0.2, 0.25) is 0 Å². The third kappa shape index (κ3) is 5.57. The lowest BCUT2D eigenvalue weighted by Gasteiger charge is -2.27. The van der Waals surface area contributed by atoms with Gasteiger partial charge in [0.2, 0.25) is 0 Å². The number of methoxy groups -OCH3 is 1. The Hall–Kier alpha value is -2.33. The van der Waals surface area contributed by atoms with Gasteiger partial charge in [0.1, 0.15) is 18.0 Å². The predicted octanol–water partition coefficient (Wildman–Crippen LogP) is 5.42. The molecule has 146 valence electrons. The summed E-state index contributed by atoms with van der Waals surface area (Å²) < 4.78 is 11.5. The second kappa shape index (κ2) is 9.56. The highest BCUT2D eigenvalue weighted by atomic mass is 16.5. The van der Waals surface area contributed by atoms with Gasteiger partial charge in [-0.3, -0.25) is 4.79 Å². The Kier molecular flexibility index (Phi) is 7.43. The van der Waals surface area contributed by atoms with Gasteiger partial charge >= 0.3 is 0 Å². The topological polar surface area (TPSA) is 47.6 Å². The van der Waals surface area contributed by atoms with Crippen molar-refractivity contribution in [1.29, 1.82) is 0 Å². The van der Waals surface area contributed by atoms with Crippen molar-refractivity contribution in [2.24, 2.45) is 0 Å². The molecule has 4 heteroatoms. The molecule has 0 aromatic heterocycles. The van der Waals surface area contributed by atoms with Gasteiger partial charge in [-0.15, -0.1) is 0 Å². The number of benzene rings is 2. The van der Waals surface area contributed by atoms with Crippen molar-refractivity contribution in [1.82, 2.24) is 0 Å². The normalized spacial score (nSPS) is 13.1. The van der Waals surface area contributed by atoms with Crippen LogP contribution in [0.25, 0.3) is 0 Å². The molecule has 1 atom stereocenters. The van der Waals surface area contributed by atoms with E-state index in [1.54, 1.807) is 7.11 Å². The second-order valence-electron chi connectivity index (χ2n) is 7.21. The Labute approximate surface area is 162 Å². The van der Waals surface area contributed by atoms with Crippen LogP contribution in [0.1, 0.15) is 49.8 Å². The fraction of sp³-hybridized carbons (Fsp3) is 0.435. The Bertz CT molecular complexity index is 734. The largest absolute Gasteiger partial charge is 0.488 e. The Morgan fingerprint density at radius 1 is 1.11 bits per heavy atom. The fourth-order valence-electron chi connectivity index (χ4n) is 3.07. The highest BCUT2D eigenvalue weighted by Gasteiger charge is 2.32. The monoisotopic (exact) mass is 369 g/mol. The van der Waals surface area contributed by atoms with E-state index >= 15 is 0 Å². The minimum absolute atomic E-state index is 0.116. The molecule has 0 spiro atoms. The van der Waals surface area contributed by atoms with E-state index in [1.807, 2.05) is 63.2 Å². The molecule has 2 aromatic rings. The molecule has 0 aliphatic heterocycles. The first-order chi connectivity index (χ1) is 12.9. The maximum atomic E-state index is 12.7. The summed E-state index contributed by atoms with van der Waals surface area (Å²) in [6, 6.07) is 14.0. The molecule has 4 nitrogen and oxygen atoms in total. The first kappa shape index (κ1) is 21.0. The van der Waals surface area contributed by atoms with Crippen LogP contribution in [-0.2, 0) is 16.1 Å². The predicted molar refractivity (Wildman–Crippen MR) is 110 cm³/mol. The average Bonchev–Trinajstić information content (AvgIpc) is 2.66. The van der Waals surface area contributed by atoms with E-state index in [0.29, 0.717) is 13.0 Å². The third-order valence-corrected chi connectivity index (χ3v) is 4.88. The molecule has 2 rings (SSSR count). The van der Waals surface area contributed by atoms with Crippen molar-refractivity contribution >= 4 is 11.6 Å². The number of carbonyl (C=O) groups is 1. The Morgan fingerprint density at radius 3 is 2.30 bits per heavy atom. The van der Waals surface area contributed by atoms with Gasteiger partial charge in [-0.2, -0.15) is 0 Å². The average molecular weight is 370 g/mol. The number of nitrogens with one attached hydrogen (secondary N) is 1. The van der Waals surface area contributed by atoms with Gasteiger partial charge in [0, 0.05) is 12.8 Å². The van der Waals surface area contributed by atoms with Gasteiger partial charge in [-0.1, -0.05) is 50.1 Å². The van der Waals surface area contributed by atoms with Crippen LogP contribution in [0.5, 0.6) is 5.75 Å². The zero-order chi connectivity index (χ0) is 19.9. The minimum Gasteiger partial charge on any atom is -0.488 e. The molecule has 2 aromatic carbocycles. The molecular formula is C23H31NO3. The standard InChI is InChI=1S/C23H31NO3/c1-6-7-13-23(4,26-5)22(25)24-20-14-17(2)21(18(3)15-20)27-16-19-11-9-8-10-12-19/h8-12,14-15H,6-7,13,16H2,1-5H3,(H,24,25). The van der Waals surface area contributed by atoms with Crippen LogP contribution in [0, 0.1) is 13.8 Å². The molecule has 0 aliphatic rings. The summed E-state index contributed by atoms with van der Waals surface area (Å²) in [6.07, 6.45) is 2.67. The van der Waals surface area contributed by atoms with Gasteiger partial charge < -0.3 is 14.8 Å². The zero-order valence-electron chi connectivity index (χ0n) is 17.1. The van der Waals surface area contributed by atoms with E-state index in [0.717, 1.165) is 41.0 Å². The van der Waals surface area contributed by atoms with E-state index in [9.17, 15) is 4.79 Å². The third-order valence-electron chi connectivity index (χ3n) is 4.88. The highest BCUT2D eigenvalue weighted by molar-refractivity contribution is 5.97. The second-order valence-corrected chi connectivity index (χ2v) is 7.21. The van der Waals surface area contributed by atoms with Gasteiger partial charge in [-0.25, -0.2) is 0 Å². The molecule has 0 saturated heterocycles. The summed E-state index contributed by atoms with van der Waals surface area (Å²) in [7, 11) is 1.59. The van der Waals surface area contributed by atoms with Crippen molar-refractivity contribution in [2.75, 3.05) is 12.4 Å². The lowest BCUT2D eigenvalue weighted by molar-refractivity contribution is -0.136. The molecule has 0 saturated carbocycles. The molecule has 0 heterocycles. The molecule has 1 unspecified atom stereocenters. The summed E-state index contributed by atoms with van der Waals surface area (Å²) >= 11 is 0. The summed E-state index contributed by atoms with van der Waals surface area (Å²) in [5, 5.41) is 3.01. The first-order valence-electron chi connectivity index (χ1n) is 9.54. The Morgan fingerprint density at radius 2 is 1.74 bits per heavy atom. The summed E-state index contributed by atoms with van der Waals surface area (Å²) in [4.78, 5) is 12.7. The van der Waals surface area contributed by atoms with Gasteiger partial charge in [0.05, 0.1) is 0 Å². The maximum absolute atomic E-state index is 12.7. The van der Waals surface area contributed by atoms with Gasteiger partial charge in [0.15, 0.2) is 0 Å². The zero-order valence-corrected chi connectivity index (χ0v) is 17.1. The molecule has 0 bridgehead atoms. The molecular weight excluding hydrogens is 338 g/mol. The number of ether oxygens (including phenoxy) is 2. The number of hydrogen-bond donors (Lipinski definition) is 1. The van der Waals surface area contributed by atoms with E-state index in [-0.39, 0.29) is 5.91 Å². The van der Waals surface area contributed by atoms with Crippen LogP contribution >= 0.6 is 0 Å². The van der Waals surface area contributed by atoms with Crippen LogP contribution < -0.4 is 10.1 Å². The number of aryl methyl sites for hydroxylation is 2. The fourth-order valence-corrected chi connectivity index (χ4v) is 3.07. The van der Waals surface area contributed by atoms with E-state index in [2.05, 4.69) is 12.2 Å². The molecule has 27 heavy (non-hydrogen) atoms. The Balaban J connectivity index is 2.10. The number of unbranched alkanes of at least 4 members (excludes halogenated alkanes) is 1. The highest BCUT2D eigenvalue weighted by Crippen LogP contribution is 2.29. The number of rotatable bonds is 9. The van der Waals surface area contributed by atoms with Crippen LogP contribution in [-0.4, -0.2) is 18.6 Å². The lowest BCUT2D eigenvalue weighted by Crippen LogP contribution is -2.41. The molecule has 0 fully saturated rings. The number of hydrogen-bond acceptors (Lipinski definition) is 3. The maximum Gasteiger partial charge on any atom is 0.256 e. The quantitative estimate of drug-likeness (QED) is 0.642. The molecule has 1 N–H and O–H groups in total. The van der Waals surface area contributed by atoms with E-state index in [4.69, 9.17) is 9.47 Å². The number of anilines is 1. The van der Waals surface area contributed by atoms with Crippen molar-refractivity contribution in [3.8, 4) is 5.75 Å². The van der Waals surface area contributed by atoms with Crippen LogP contribution in [0.15, 0.2) is 42.5 Å². The minimum atomic E-state index is -0.819. The van der Waals surface area contributed by atoms with Crippen molar-refractivity contribution in [2.45, 2.75) is 59.2 Å². The van der Waals surface area contributed by atoms with Crippen LogP contribution in [0.4, 0.5) is 5.69 Å². The van der Waals surface area contributed by atoms with Crippen molar-refractivity contribution in [3.63, 3.8) is 0 Å². The summed E-state index contributed by atoms with van der Waals surface area (Å²) in [5.74, 6) is 0.743. The summed E-state index contributed by atoms with van der Waals surface area (Å²) in [6.45, 7) is 8.46. The van der Waals surface area contributed by atoms with Crippen LogP contribution in [0.3, 0.4) is 0 Å². The van der Waals surface area contributed by atoms with Crippen molar-refractivity contribution < 1.29 is 14.3 Å². The molecule has 0 aliphatic carbocycles. The number of amides is 1. The lowest BCUT2D eigenvalue weighted by atomic mass is 9.97. The van der Waals surface area contributed by atoms with E-state index < -0.39 is 5.60 Å². The van der Waals surface area contributed by atoms with E-state index in [1.165, 1.54) is 0 Å².